The van der Waals surface area contributed by atoms with E-state index in [0.29, 0.717) is 32.5 Å². The molecule has 0 aliphatic carbocycles. The first kappa shape index (κ1) is 12.2. The van der Waals surface area contributed by atoms with Crippen LogP contribution in [-0.4, -0.2) is 46.6 Å². The number of piperazine rings is 1. The van der Waals surface area contributed by atoms with Crippen molar-refractivity contribution in [1.29, 1.82) is 0 Å². The van der Waals surface area contributed by atoms with Crippen LogP contribution in [0.25, 0.3) is 0 Å². The summed E-state index contributed by atoms with van der Waals surface area (Å²) < 4.78 is 5.25. The maximum Gasteiger partial charge on any atom is 0.246 e. The number of ether oxygens (including phenoxy) is 1. The molecule has 0 saturated carbocycles. The van der Waals surface area contributed by atoms with E-state index in [1.807, 2.05) is 0 Å². The van der Waals surface area contributed by atoms with Gasteiger partial charge in [-0.05, 0) is 0 Å². The molecule has 7 nitrogen and oxygen atoms in total. The Morgan fingerprint density at radius 1 is 1.37 bits per heavy atom. The van der Waals surface area contributed by atoms with Crippen LogP contribution >= 0.6 is 0 Å². The Bertz CT molecular complexity index is 479. The first-order valence-electron chi connectivity index (χ1n) is 6.38. The topological polar surface area (TPSA) is 96.1 Å². The quantitative estimate of drug-likeness (QED) is 0.646. The smallest absolute Gasteiger partial charge is 0.246 e. The number of H-pyrrole nitrogens is 1. The molecule has 1 aromatic rings. The van der Waals surface area contributed by atoms with Gasteiger partial charge in [0, 0.05) is 44.4 Å². The van der Waals surface area contributed by atoms with E-state index in [9.17, 15) is 9.59 Å². The lowest BCUT2D eigenvalue weighted by atomic mass is 9.86. The van der Waals surface area contributed by atoms with E-state index in [1.54, 1.807) is 12.5 Å². The Hall–Kier alpha value is -1.89. The van der Waals surface area contributed by atoms with E-state index < -0.39 is 11.6 Å². The highest BCUT2D eigenvalue weighted by Gasteiger charge is 2.47. The third kappa shape index (κ3) is 2.21. The van der Waals surface area contributed by atoms with Crippen LogP contribution in [0.5, 0.6) is 0 Å². The summed E-state index contributed by atoms with van der Waals surface area (Å²) in [4.78, 5) is 31.2. The van der Waals surface area contributed by atoms with Crippen molar-refractivity contribution in [2.45, 2.75) is 30.8 Å². The van der Waals surface area contributed by atoms with E-state index in [-0.39, 0.29) is 11.8 Å². The van der Waals surface area contributed by atoms with Crippen LogP contribution in [0.2, 0.25) is 0 Å². The number of imidazole rings is 1. The van der Waals surface area contributed by atoms with Gasteiger partial charge in [-0.2, -0.15) is 0 Å². The fourth-order valence-electron chi connectivity index (χ4n) is 2.57. The van der Waals surface area contributed by atoms with Gasteiger partial charge in [-0.1, -0.05) is 0 Å². The number of aromatic nitrogens is 2. The molecule has 2 aliphatic rings. The van der Waals surface area contributed by atoms with Crippen molar-refractivity contribution >= 4 is 11.8 Å². The molecule has 1 atom stereocenters. The highest BCUT2D eigenvalue weighted by molar-refractivity contribution is 6.00. The standard InChI is InChI=1S/C12H16N4O3/c17-10-9(5-8-6-13-7-14-8)15-11(18)12(16-10)1-3-19-4-2-12/h6-7,9H,1-5H2,(H,13,14)(H,15,18)(H,16,17)/t9-/m0/s1. The van der Waals surface area contributed by atoms with Crippen LogP contribution in [0.1, 0.15) is 18.5 Å². The highest BCUT2D eigenvalue weighted by Crippen LogP contribution is 2.24. The zero-order valence-corrected chi connectivity index (χ0v) is 10.4. The van der Waals surface area contributed by atoms with Gasteiger partial charge in [0.1, 0.15) is 11.6 Å². The minimum atomic E-state index is -0.778. The van der Waals surface area contributed by atoms with Gasteiger partial charge in [0.05, 0.1) is 6.33 Å². The molecule has 19 heavy (non-hydrogen) atoms. The summed E-state index contributed by atoms with van der Waals surface area (Å²) in [7, 11) is 0. The van der Waals surface area contributed by atoms with Gasteiger partial charge in [-0.3, -0.25) is 9.59 Å². The number of hydrogen-bond acceptors (Lipinski definition) is 4. The number of carbonyl (C=O) groups is 2. The molecule has 2 saturated heterocycles. The first-order valence-corrected chi connectivity index (χ1v) is 6.38. The molecule has 1 aromatic heterocycles. The van der Waals surface area contributed by atoms with Crippen molar-refractivity contribution in [2.75, 3.05) is 13.2 Å². The highest BCUT2D eigenvalue weighted by atomic mass is 16.5. The minimum Gasteiger partial charge on any atom is -0.381 e. The lowest BCUT2D eigenvalue weighted by Crippen LogP contribution is -2.71. The minimum absolute atomic E-state index is 0.111. The Morgan fingerprint density at radius 2 is 2.16 bits per heavy atom. The predicted octanol–water partition coefficient (Wildman–Crippen LogP) is -0.884. The van der Waals surface area contributed by atoms with Gasteiger partial charge in [-0.15, -0.1) is 0 Å². The van der Waals surface area contributed by atoms with Crippen molar-refractivity contribution < 1.29 is 14.3 Å². The van der Waals surface area contributed by atoms with Crippen LogP contribution < -0.4 is 10.6 Å². The monoisotopic (exact) mass is 264 g/mol. The molecule has 0 bridgehead atoms. The van der Waals surface area contributed by atoms with Gasteiger partial charge >= 0.3 is 0 Å². The molecule has 3 heterocycles. The van der Waals surface area contributed by atoms with Crippen molar-refractivity contribution in [3.8, 4) is 0 Å². The van der Waals surface area contributed by atoms with Crippen LogP contribution in [0.15, 0.2) is 12.5 Å². The van der Waals surface area contributed by atoms with E-state index in [0.717, 1.165) is 5.69 Å². The Balaban J connectivity index is 1.72. The normalized spacial score (nSPS) is 26.0. The van der Waals surface area contributed by atoms with Crippen LogP contribution in [0.3, 0.4) is 0 Å². The second-order valence-corrected chi connectivity index (χ2v) is 4.99. The summed E-state index contributed by atoms with van der Waals surface area (Å²) in [5.74, 6) is -0.254. The maximum atomic E-state index is 12.2. The largest absolute Gasteiger partial charge is 0.381 e. The molecule has 0 unspecified atom stereocenters. The number of amides is 2. The Kier molecular flexibility index (Phi) is 2.98. The molecular formula is C12H16N4O3. The molecule has 1 spiro atoms. The van der Waals surface area contributed by atoms with Crippen molar-refractivity contribution in [2.24, 2.45) is 0 Å². The van der Waals surface area contributed by atoms with E-state index >= 15 is 0 Å². The van der Waals surface area contributed by atoms with Gasteiger partial charge in [0.2, 0.25) is 11.8 Å². The average Bonchev–Trinajstić information content (AvgIpc) is 2.90. The molecular weight excluding hydrogens is 248 g/mol. The number of carbonyl (C=O) groups excluding carboxylic acids is 2. The molecule has 0 aromatic carbocycles. The van der Waals surface area contributed by atoms with Gasteiger partial charge < -0.3 is 20.4 Å². The molecule has 0 radical (unpaired) electrons. The van der Waals surface area contributed by atoms with Crippen molar-refractivity contribution in [3.63, 3.8) is 0 Å². The summed E-state index contributed by atoms with van der Waals surface area (Å²) in [6.45, 7) is 0.998. The molecule has 7 heteroatoms. The van der Waals surface area contributed by atoms with Gasteiger partial charge in [0.25, 0.3) is 0 Å². The van der Waals surface area contributed by atoms with E-state index in [4.69, 9.17) is 4.74 Å². The summed E-state index contributed by atoms with van der Waals surface area (Å²) in [6.07, 6.45) is 4.68. The molecule has 2 amide bonds. The molecule has 3 N–H and O–H groups in total. The summed E-state index contributed by atoms with van der Waals surface area (Å²) >= 11 is 0. The fraction of sp³-hybridized carbons (Fsp3) is 0.583. The van der Waals surface area contributed by atoms with Crippen LogP contribution in [0, 0.1) is 0 Å². The van der Waals surface area contributed by atoms with Crippen LogP contribution in [-0.2, 0) is 20.7 Å². The predicted molar refractivity (Wildman–Crippen MR) is 65.1 cm³/mol. The maximum absolute atomic E-state index is 12.2. The second kappa shape index (κ2) is 4.65. The first-order chi connectivity index (χ1) is 9.20. The number of aromatic amines is 1. The third-order valence-corrected chi connectivity index (χ3v) is 3.74. The zero-order valence-electron chi connectivity index (χ0n) is 10.4. The lowest BCUT2D eigenvalue weighted by molar-refractivity contribution is -0.145. The summed E-state index contributed by atoms with van der Waals surface area (Å²) in [6, 6.07) is -0.540. The molecule has 2 fully saturated rings. The Morgan fingerprint density at radius 3 is 2.84 bits per heavy atom. The number of nitrogens with zero attached hydrogens (tertiary/aromatic N) is 1. The van der Waals surface area contributed by atoms with E-state index in [2.05, 4.69) is 20.6 Å². The number of nitrogens with one attached hydrogen (secondary N) is 3. The number of rotatable bonds is 2. The lowest BCUT2D eigenvalue weighted by Gasteiger charge is -2.41. The number of hydrogen-bond donors (Lipinski definition) is 3. The van der Waals surface area contributed by atoms with Crippen LogP contribution in [0.4, 0.5) is 0 Å². The van der Waals surface area contributed by atoms with Gasteiger partial charge in [-0.25, -0.2) is 4.98 Å². The summed E-state index contributed by atoms with van der Waals surface area (Å²) in [5, 5.41) is 5.69. The van der Waals surface area contributed by atoms with Crippen molar-refractivity contribution in [1.82, 2.24) is 20.6 Å². The fourth-order valence-corrected chi connectivity index (χ4v) is 2.57. The SMILES string of the molecule is O=C1NC2(CCOCC2)C(=O)N[C@H]1Cc1cnc[nH]1. The Labute approximate surface area is 110 Å². The molecule has 3 rings (SSSR count). The third-order valence-electron chi connectivity index (χ3n) is 3.74. The summed E-state index contributed by atoms with van der Waals surface area (Å²) in [5.41, 5.74) is 0.0446. The second-order valence-electron chi connectivity index (χ2n) is 4.99. The zero-order chi connectivity index (χ0) is 13.3. The molecule has 102 valence electrons. The van der Waals surface area contributed by atoms with Crippen molar-refractivity contribution in [3.05, 3.63) is 18.2 Å². The average molecular weight is 264 g/mol. The van der Waals surface area contributed by atoms with Gasteiger partial charge in [0.15, 0.2) is 0 Å². The van der Waals surface area contributed by atoms with E-state index in [1.165, 1.54) is 0 Å². The molecule has 2 aliphatic heterocycles.